The van der Waals surface area contributed by atoms with Crippen molar-refractivity contribution in [2.75, 3.05) is 13.1 Å². The number of piperidine rings is 1. The monoisotopic (exact) mass is 294 g/mol. The molecule has 0 aliphatic carbocycles. The molecule has 0 bridgehead atoms. The van der Waals surface area contributed by atoms with Crippen molar-refractivity contribution in [3.05, 3.63) is 35.1 Å². The Labute approximate surface area is 123 Å². The minimum Gasteiger partial charge on any atom is -0.393 e. The van der Waals surface area contributed by atoms with E-state index in [0.29, 0.717) is 29.2 Å². The van der Waals surface area contributed by atoms with Gasteiger partial charge in [-0.1, -0.05) is 19.1 Å². The average molecular weight is 294 g/mol. The highest BCUT2D eigenvalue weighted by molar-refractivity contribution is 7.80. The molecule has 2 N–H and O–H groups in total. The number of nitrogens with two attached hydrogens (primary N) is 1. The lowest BCUT2D eigenvalue weighted by molar-refractivity contribution is 0.0670. The van der Waals surface area contributed by atoms with Gasteiger partial charge < -0.3 is 10.6 Å². The van der Waals surface area contributed by atoms with Gasteiger partial charge in [0.05, 0.1) is 4.99 Å². The molecule has 0 atom stereocenters. The van der Waals surface area contributed by atoms with E-state index < -0.39 is 0 Å². The van der Waals surface area contributed by atoms with Crippen LogP contribution in [0.1, 0.15) is 35.7 Å². The topological polar surface area (TPSA) is 46.3 Å². The average Bonchev–Trinajstić information content (AvgIpc) is 2.42. The lowest BCUT2D eigenvalue weighted by atomic mass is 9.80. The lowest BCUT2D eigenvalue weighted by Gasteiger charge is -2.38. The van der Waals surface area contributed by atoms with Crippen LogP contribution in [0.3, 0.4) is 0 Å². The first-order valence-electron chi connectivity index (χ1n) is 6.69. The minimum absolute atomic E-state index is 0.0573. The van der Waals surface area contributed by atoms with Crippen LogP contribution in [0.2, 0.25) is 0 Å². The maximum atomic E-state index is 13.2. The Bertz CT molecular complexity index is 551. The Kier molecular flexibility index (Phi) is 4.09. The minimum atomic E-state index is -0.291. The number of carbonyl (C=O) groups is 1. The van der Waals surface area contributed by atoms with E-state index in [1.165, 1.54) is 12.1 Å². The van der Waals surface area contributed by atoms with Gasteiger partial charge in [-0.15, -0.1) is 0 Å². The lowest BCUT2D eigenvalue weighted by Crippen LogP contribution is -2.46. The molecule has 1 fully saturated rings. The zero-order valence-corrected chi connectivity index (χ0v) is 12.6. The second kappa shape index (κ2) is 5.48. The third kappa shape index (κ3) is 2.82. The van der Waals surface area contributed by atoms with Crippen LogP contribution in [0.15, 0.2) is 18.2 Å². The molecule has 1 aliphatic heterocycles. The van der Waals surface area contributed by atoms with E-state index in [1.807, 2.05) is 6.92 Å². The summed E-state index contributed by atoms with van der Waals surface area (Å²) in [6, 6.07) is 4.47. The standard InChI is InChI=1S/C15H19FN2OS/c1-10-9-11(3-4-12(10)16)13(19)18-7-5-15(2,6-8-18)14(17)20/h3-4,9H,5-8H2,1-2H3,(H2,17,20). The summed E-state index contributed by atoms with van der Waals surface area (Å²) < 4.78 is 13.2. The number of benzene rings is 1. The number of likely N-dealkylation sites (tertiary alicyclic amines) is 1. The summed E-state index contributed by atoms with van der Waals surface area (Å²) in [4.78, 5) is 14.7. The zero-order chi connectivity index (χ0) is 14.9. The second-order valence-corrected chi connectivity index (χ2v) is 6.12. The SMILES string of the molecule is Cc1cc(C(=O)N2CCC(C)(C(N)=S)CC2)ccc1F. The summed E-state index contributed by atoms with van der Waals surface area (Å²) in [6.07, 6.45) is 1.54. The third-order valence-corrected chi connectivity index (χ3v) is 4.65. The molecule has 2 rings (SSSR count). The van der Waals surface area contributed by atoms with Crippen molar-refractivity contribution in [1.82, 2.24) is 4.90 Å². The van der Waals surface area contributed by atoms with Gasteiger partial charge in [0.2, 0.25) is 0 Å². The fourth-order valence-corrected chi connectivity index (χ4v) is 2.61. The van der Waals surface area contributed by atoms with Gasteiger partial charge >= 0.3 is 0 Å². The molecule has 0 aromatic heterocycles. The number of carbonyl (C=O) groups excluding carboxylic acids is 1. The highest BCUT2D eigenvalue weighted by Gasteiger charge is 2.34. The maximum absolute atomic E-state index is 13.2. The van der Waals surface area contributed by atoms with Gasteiger partial charge in [0.15, 0.2) is 0 Å². The Hall–Kier alpha value is -1.49. The Morgan fingerprint density at radius 3 is 2.50 bits per heavy atom. The summed E-state index contributed by atoms with van der Waals surface area (Å²) in [7, 11) is 0. The molecule has 0 radical (unpaired) electrons. The molecule has 1 saturated heterocycles. The van der Waals surface area contributed by atoms with E-state index in [4.69, 9.17) is 18.0 Å². The number of thiocarbonyl (C=S) groups is 1. The van der Waals surface area contributed by atoms with Crippen LogP contribution in [0.4, 0.5) is 4.39 Å². The van der Waals surface area contributed by atoms with Crippen LogP contribution in [0, 0.1) is 18.2 Å². The highest BCUT2D eigenvalue weighted by atomic mass is 32.1. The Morgan fingerprint density at radius 1 is 1.40 bits per heavy atom. The van der Waals surface area contributed by atoms with E-state index in [1.54, 1.807) is 17.9 Å². The first-order valence-corrected chi connectivity index (χ1v) is 7.10. The Balaban J connectivity index is 2.08. The number of amides is 1. The fourth-order valence-electron chi connectivity index (χ4n) is 2.41. The van der Waals surface area contributed by atoms with Crippen LogP contribution >= 0.6 is 12.2 Å². The summed E-state index contributed by atoms with van der Waals surface area (Å²) >= 11 is 5.09. The molecule has 108 valence electrons. The number of rotatable bonds is 2. The van der Waals surface area contributed by atoms with E-state index in [0.717, 1.165) is 12.8 Å². The van der Waals surface area contributed by atoms with Crippen LogP contribution in [-0.4, -0.2) is 28.9 Å². The molecule has 0 saturated carbocycles. The second-order valence-electron chi connectivity index (χ2n) is 5.68. The number of halogens is 1. The summed E-state index contributed by atoms with van der Waals surface area (Å²) in [6.45, 7) is 4.96. The van der Waals surface area contributed by atoms with Crippen molar-refractivity contribution in [2.24, 2.45) is 11.1 Å². The highest BCUT2D eigenvalue weighted by Crippen LogP contribution is 2.31. The van der Waals surface area contributed by atoms with Crippen molar-refractivity contribution in [1.29, 1.82) is 0 Å². The molecule has 5 heteroatoms. The van der Waals surface area contributed by atoms with Gasteiger partial charge in [0.25, 0.3) is 5.91 Å². The van der Waals surface area contributed by atoms with Crippen LogP contribution in [-0.2, 0) is 0 Å². The molecular formula is C15H19FN2OS. The van der Waals surface area contributed by atoms with Gasteiger partial charge in [-0.2, -0.15) is 0 Å². The van der Waals surface area contributed by atoms with Gasteiger partial charge in [-0.05, 0) is 43.5 Å². The van der Waals surface area contributed by atoms with Gasteiger partial charge in [-0.25, -0.2) is 4.39 Å². The number of hydrogen-bond acceptors (Lipinski definition) is 2. The molecule has 1 aromatic rings. The van der Waals surface area contributed by atoms with Crippen LogP contribution in [0.25, 0.3) is 0 Å². The van der Waals surface area contributed by atoms with E-state index >= 15 is 0 Å². The van der Waals surface area contributed by atoms with E-state index in [9.17, 15) is 9.18 Å². The molecule has 20 heavy (non-hydrogen) atoms. The summed E-state index contributed by atoms with van der Waals surface area (Å²) in [5.41, 5.74) is 6.61. The quantitative estimate of drug-likeness (QED) is 0.853. The molecule has 1 heterocycles. The fraction of sp³-hybridized carbons (Fsp3) is 0.467. The van der Waals surface area contributed by atoms with Crippen LogP contribution < -0.4 is 5.73 Å². The smallest absolute Gasteiger partial charge is 0.253 e. The molecular weight excluding hydrogens is 275 g/mol. The molecule has 1 amide bonds. The molecule has 1 aliphatic rings. The van der Waals surface area contributed by atoms with E-state index in [-0.39, 0.29) is 17.1 Å². The predicted molar refractivity (Wildman–Crippen MR) is 81.2 cm³/mol. The number of hydrogen-bond donors (Lipinski definition) is 1. The first kappa shape index (κ1) is 14.9. The molecule has 3 nitrogen and oxygen atoms in total. The first-order chi connectivity index (χ1) is 9.33. The summed E-state index contributed by atoms with van der Waals surface area (Å²) in [5, 5.41) is 0. The molecule has 1 aromatic carbocycles. The predicted octanol–water partition coefficient (Wildman–Crippen LogP) is 2.66. The van der Waals surface area contributed by atoms with Crippen molar-refractivity contribution in [3.63, 3.8) is 0 Å². The summed E-state index contributed by atoms with van der Waals surface area (Å²) in [5.74, 6) is -0.348. The molecule has 0 spiro atoms. The van der Waals surface area contributed by atoms with Crippen molar-refractivity contribution in [2.45, 2.75) is 26.7 Å². The normalized spacial score (nSPS) is 17.9. The largest absolute Gasteiger partial charge is 0.393 e. The van der Waals surface area contributed by atoms with Gasteiger partial charge in [0.1, 0.15) is 5.82 Å². The van der Waals surface area contributed by atoms with Crippen molar-refractivity contribution < 1.29 is 9.18 Å². The van der Waals surface area contributed by atoms with Gasteiger partial charge in [0, 0.05) is 24.1 Å². The third-order valence-electron chi connectivity index (χ3n) is 4.15. The zero-order valence-electron chi connectivity index (χ0n) is 11.8. The van der Waals surface area contributed by atoms with Gasteiger partial charge in [-0.3, -0.25) is 4.79 Å². The number of nitrogens with zero attached hydrogens (tertiary/aromatic N) is 1. The van der Waals surface area contributed by atoms with Crippen molar-refractivity contribution >= 4 is 23.1 Å². The maximum Gasteiger partial charge on any atom is 0.253 e. The van der Waals surface area contributed by atoms with Crippen LogP contribution in [0.5, 0.6) is 0 Å². The van der Waals surface area contributed by atoms with E-state index in [2.05, 4.69) is 0 Å². The van der Waals surface area contributed by atoms with Crippen molar-refractivity contribution in [3.8, 4) is 0 Å². The number of aryl methyl sites for hydroxylation is 1. The Morgan fingerprint density at radius 2 is 2.00 bits per heavy atom. The molecule has 0 unspecified atom stereocenters.